The van der Waals surface area contributed by atoms with Gasteiger partial charge in [0.1, 0.15) is 0 Å². The molecule has 0 saturated heterocycles. The molecular weight excluding hydrogens is 320 g/mol. The van der Waals surface area contributed by atoms with Gasteiger partial charge in [-0.05, 0) is 38.8 Å². The van der Waals surface area contributed by atoms with Crippen LogP contribution in [0.1, 0.15) is 53.6 Å². The van der Waals surface area contributed by atoms with Crippen molar-refractivity contribution in [3.05, 3.63) is 34.9 Å². The largest absolute Gasteiger partial charge is 0.469 e. The van der Waals surface area contributed by atoms with Crippen molar-refractivity contribution < 1.29 is 19.1 Å². The first-order valence-corrected chi connectivity index (χ1v) is 8.62. The highest BCUT2D eigenvalue weighted by molar-refractivity contribution is 5.96. The number of hydrogen-bond acceptors (Lipinski definition) is 4. The van der Waals surface area contributed by atoms with Crippen LogP contribution in [-0.2, 0) is 14.3 Å². The fraction of sp³-hybridized carbons (Fsp3) is 0.526. The molecule has 1 rings (SSSR count). The number of amides is 2. The van der Waals surface area contributed by atoms with Gasteiger partial charge in [0, 0.05) is 18.5 Å². The van der Waals surface area contributed by atoms with Crippen molar-refractivity contribution in [3.8, 4) is 0 Å². The summed E-state index contributed by atoms with van der Waals surface area (Å²) in [4.78, 5) is 34.7. The molecule has 0 aliphatic heterocycles. The van der Waals surface area contributed by atoms with E-state index in [1.807, 2.05) is 19.9 Å². The van der Waals surface area contributed by atoms with Crippen molar-refractivity contribution in [2.24, 2.45) is 0 Å². The van der Waals surface area contributed by atoms with Gasteiger partial charge >= 0.3 is 5.97 Å². The summed E-state index contributed by atoms with van der Waals surface area (Å²) in [5.74, 6) is -0.634. The van der Waals surface area contributed by atoms with E-state index >= 15 is 0 Å². The SMILES string of the molecule is COC(=O)CCCCCCNC(=O)CNC(=O)c1cc(C)cc(C)c1. The molecule has 0 aliphatic carbocycles. The highest BCUT2D eigenvalue weighted by Gasteiger charge is 2.08. The number of aryl methyl sites for hydroxylation is 2. The molecule has 0 atom stereocenters. The predicted molar refractivity (Wildman–Crippen MR) is 96.4 cm³/mol. The molecule has 25 heavy (non-hydrogen) atoms. The van der Waals surface area contributed by atoms with E-state index in [0.29, 0.717) is 18.5 Å². The molecule has 0 aliphatic rings. The van der Waals surface area contributed by atoms with E-state index in [-0.39, 0.29) is 24.3 Å². The Morgan fingerprint density at radius 1 is 0.920 bits per heavy atom. The van der Waals surface area contributed by atoms with Gasteiger partial charge in [-0.25, -0.2) is 0 Å². The molecule has 0 saturated carbocycles. The zero-order valence-corrected chi connectivity index (χ0v) is 15.3. The van der Waals surface area contributed by atoms with Crippen molar-refractivity contribution >= 4 is 17.8 Å². The third-order valence-corrected chi connectivity index (χ3v) is 3.75. The molecular formula is C19H28N2O4. The van der Waals surface area contributed by atoms with Gasteiger partial charge in [-0.2, -0.15) is 0 Å². The number of ether oxygens (including phenoxy) is 1. The minimum absolute atomic E-state index is 0.0336. The van der Waals surface area contributed by atoms with Gasteiger partial charge in [0.2, 0.25) is 5.91 Å². The van der Waals surface area contributed by atoms with Gasteiger partial charge in [0.15, 0.2) is 0 Å². The maximum absolute atomic E-state index is 12.1. The number of methoxy groups -OCH3 is 1. The molecule has 0 unspecified atom stereocenters. The molecule has 1 aromatic carbocycles. The van der Waals surface area contributed by atoms with E-state index in [2.05, 4.69) is 15.4 Å². The van der Waals surface area contributed by atoms with Crippen molar-refractivity contribution in [1.29, 1.82) is 0 Å². The predicted octanol–water partition coefficient (Wildman–Crippen LogP) is 2.27. The smallest absolute Gasteiger partial charge is 0.305 e. The Bertz CT molecular complexity index is 579. The number of rotatable bonds is 10. The van der Waals surface area contributed by atoms with Gasteiger partial charge in [0.05, 0.1) is 13.7 Å². The summed E-state index contributed by atoms with van der Waals surface area (Å²) in [6.07, 6.45) is 3.94. The molecule has 0 spiro atoms. The summed E-state index contributed by atoms with van der Waals surface area (Å²) < 4.78 is 4.57. The minimum Gasteiger partial charge on any atom is -0.469 e. The summed E-state index contributed by atoms with van der Waals surface area (Å²) in [5, 5.41) is 5.41. The molecule has 0 radical (unpaired) electrons. The van der Waals surface area contributed by atoms with Gasteiger partial charge in [-0.1, -0.05) is 30.0 Å². The van der Waals surface area contributed by atoms with Crippen LogP contribution in [0.3, 0.4) is 0 Å². The first kappa shape index (κ1) is 20.7. The van der Waals surface area contributed by atoms with Crippen LogP contribution in [0.2, 0.25) is 0 Å². The topological polar surface area (TPSA) is 84.5 Å². The highest BCUT2D eigenvalue weighted by Crippen LogP contribution is 2.08. The molecule has 0 aromatic heterocycles. The highest BCUT2D eigenvalue weighted by atomic mass is 16.5. The van der Waals surface area contributed by atoms with Crippen molar-refractivity contribution in [1.82, 2.24) is 10.6 Å². The monoisotopic (exact) mass is 348 g/mol. The van der Waals surface area contributed by atoms with Gasteiger partial charge in [-0.15, -0.1) is 0 Å². The van der Waals surface area contributed by atoms with E-state index in [4.69, 9.17) is 0 Å². The lowest BCUT2D eigenvalue weighted by atomic mass is 10.1. The lowest BCUT2D eigenvalue weighted by Gasteiger charge is -2.08. The fourth-order valence-corrected chi connectivity index (χ4v) is 2.51. The van der Waals surface area contributed by atoms with Crippen molar-refractivity contribution in [3.63, 3.8) is 0 Å². The molecule has 2 amide bonds. The number of hydrogen-bond donors (Lipinski definition) is 2. The fourth-order valence-electron chi connectivity index (χ4n) is 2.51. The Labute approximate surface area is 149 Å². The first-order valence-electron chi connectivity index (χ1n) is 8.62. The van der Waals surface area contributed by atoms with Crippen LogP contribution in [0, 0.1) is 13.8 Å². The van der Waals surface area contributed by atoms with Gasteiger partial charge in [0.25, 0.3) is 5.91 Å². The third kappa shape index (κ3) is 8.88. The lowest BCUT2D eigenvalue weighted by Crippen LogP contribution is -2.37. The number of esters is 1. The molecule has 0 fully saturated rings. The number of carbonyl (C=O) groups excluding carboxylic acids is 3. The van der Waals surface area contributed by atoms with E-state index in [9.17, 15) is 14.4 Å². The van der Waals surface area contributed by atoms with Crippen LogP contribution in [0.25, 0.3) is 0 Å². The van der Waals surface area contributed by atoms with Crippen LogP contribution in [0.5, 0.6) is 0 Å². The van der Waals surface area contributed by atoms with Crippen LogP contribution in [0.15, 0.2) is 18.2 Å². The molecule has 0 heterocycles. The van der Waals surface area contributed by atoms with Crippen LogP contribution in [0.4, 0.5) is 0 Å². The Balaban J connectivity index is 2.14. The van der Waals surface area contributed by atoms with Crippen LogP contribution in [-0.4, -0.2) is 38.0 Å². The molecule has 0 bridgehead atoms. The Morgan fingerprint density at radius 3 is 2.20 bits per heavy atom. The second kappa shape index (κ2) is 11.2. The van der Waals surface area contributed by atoms with E-state index < -0.39 is 0 Å². The summed E-state index contributed by atoms with van der Waals surface area (Å²) in [7, 11) is 1.39. The average Bonchev–Trinajstić information content (AvgIpc) is 2.57. The molecule has 1 aromatic rings. The maximum Gasteiger partial charge on any atom is 0.305 e. The Morgan fingerprint density at radius 2 is 1.56 bits per heavy atom. The maximum atomic E-state index is 12.1. The summed E-state index contributed by atoms with van der Waals surface area (Å²) in [6.45, 7) is 4.40. The summed E-state index contributed by atoms with van der Waals surface area (Å²) in [6, 6.07) is 5.60. The summed E-state index contributed by atoms with van der Waals surface area (Å²) >= 11 is 0. The van der Waals surface area contributed by atoms with Crippen LogP contribution < -0.4 is 10.6 Å². The zero-order valence-electron chi connectivity index (χ0n) is 15.3. The number of carbonyl (C=O) groups is 3. The standard InChI is InChI=1S/C19H28N2O4/c1-14-10-15(2)12-16(11-14)19(24)21-13-17(22)20-9-7-5-4-6-8-18(23)25-3/h10-12H,4-9,13H2,1-3H3,(H,20,22)(H,21,24). The molecule has 6 nitrogen and oxygen atoms in total. The number of benzene rings is 1. The molecule has 138 valence electrons. The first-order chi connectivity index (χ1) is 11.9. The van der Waals surface area contributed by atoms with E-state index in [1.165, 1.54) is 7.11 Å². The quantitative estimate of drug-likeness (QED) is 0.502. The van der Waals surface area contributed by atoms with E-state index in [1.54, 1.807) is 12.1 Å². The van der Waals surface area contributed by atoms with Gasteiger partial charge in [-0.3, -0.25) is 14.4 Å². The summed E-state index contributed by atoms with van der Waals surface area (Å²) in [5.41, 5.74) is 2.60. The normalized spacial score (nSPS) is 10.2. The van der Waals surface area contributed by atoms with Crippen molar-refractivity contribution in [2.75, 3.05) is 20.2 Å². The second-order valence-corrected chi connectivity index (χ2v) is 6.15. The Hall–Kier alpha value is -2.37. The Kier molecular flexibility index (Phi) is 9.29. The number of nitrogens with one attached hydrogen (secondary N) is 2. The average molecular weight is 348 g/mol. The van der Waals surface area contributed by atoms with Crippen molar-refractivity contribution in [2.45, 2.75) is 46.0 Å². The zero-order chi connectivity index (χ0) is 18.7. The third-order valence-electron chi connectivity index (χ3n) is 3.75. The lowest BCUT2D eigenvalue weighted by molar-refractivity contribution is -0.140. The second-order valence-electron chi connectivity index (χ2n) is 6.15. The minimum atomic E-state index is -0.246. The molecule has 2 N–H and O–H groups in total. The van der Waals surface area contributed by atoms with E-state index in [0.717, 1.165) is 36.8 Å². The van der Waals surface area contributed by atoms with Gasteiger partial charge < -0.3 is 15.4 Å². The number of unbranched alkanes of at least 4 members (excludes halogenated alkanes) is 3. The molecule has 6 heteroatoms. The van der Waals surface area contributed by atoms with Crippen LogP contribution >= 0.6 is 0 Å².